The fourth-order valence-corrected chi connectivity index (χ4v) is 2.89. The highest BCUT2D eigenvalue weighted by molar-refractivity contribution is 4.89. The van der Waals surface area contributed by atoms with Crippen molar-refractivity contribution in [3.8, 4) is 0 Å². The van der Waals surface area contributed by atoms with Gasteiger partial charge in [-0.1, -0.05) is 13.8 Å². The number of hydrogen-bond acceptors (Lipinski definition) is 3. The number of rotatable bonds is 4. The van der Waals surface area contributed by atoms with E-state index in [9.17, 15) is 5.11 Å². The SMILES string of the molecule is CC(C)(CO)CNC1CCN2CCCC2C1. The van der Waals surface area contributed by atoms with Crippen molar-refractivity contribution >= 4 is 0 Å². The van der Waals surface area contributed by atoms with Gasteiger partial charge in [0.05, 0.1) is 0 Å². The van der Waals surface area contributed by atoms with E-state index in [4.69, 9.17) is 0 Å². The number of nitrogens with one attached hydrogen (secondary N) is 1. The molecule has 2 fully saturated rings. The van der Waals surface area contributed by atoms with Crippen LogP contribution in [0.5, 0.6) is 0 Å². The molecule has 2 rings (SSSR count). The molecule has 3 nitrogen and oxygen atoms in total. The Morgan fingerprint density at radius 3 is 2.88 bits per heavy atom. The average Bonchev–Trinajstić information content (AvgIpc) is 2.73. The van der Waals surface area contributed by atoms with Crippen LogP contribution in [0.15, 0.2) is 0 Å². The Hall–Kier alpha value is -0.120. The monoisotopic (exact) mass is 226 g/mol. The Morgan fingerprint density at radius 1 is 1.31 bits per heavy atom. The molecular weight excluding hydrogens is 200 g/mol. The predicted molar refractivity (Wildman–Crippen MR) is 66.5 cm³/mol. The third-order valence-electron chi connectivity index (χ3n) is 4.12. The lowest BCUT2D eigenvalue weighted by Gasteiger charge is -2.36. The minimum absolute atomic E-state index is 0.0206. The molecule has 0 bridgehead atoms. The normalized spacial score (nSPS) is 31.7. The molecule has 0 radical (unpaired) electrons. The maximum Gasteiger partial charge on any atom is 0.0494 e. The van der Waals surface area contributed by atoms with Gasteiger partial charge in [0.1, 0.15) is 0 Å². The van der Waals surface area contributed by atoms with Crippen molar-refractivity contribution < 1.29 is 5.11 Å². The lowest BCUT2D eigenvalue weighted by atomic mass is 9.92. The topological polar surface area (TPSA) is 35.5 Å². The van der Waals surface area contributed by atoms with Gasteiger partial charge in [-0.2, -0.15) is 0 Å². The quantitative estimate of drug-likeness (QED) is 0.756. The Morgan fingerprint density at radius 2 is 2.12 bits per heavy atom. The summed E-state index contributed by atoms with van der Waals surface area (Å²) in [6.45, 7) is 8.01. The van der Waals surface area contributed by atoms with E-state index in [2.05, 4.69) is 24.1 Å². The van der Waals surface area contributed by atoms with Crippen molar-refractivity contribution in [2.24, 2.45) is 5.41 Å². The van der Waals surface area contributed by atoms with E-state index in [1.807, 2.05) is 0 Å². The summed E-state index contributed by atoms with van der Waals surface area (Å²) in [5.41, 5.74) is 0.0206. The lowest BCUT2D eigenvalue weighted by molar-refractivity contribution is 0.131. The van der Waals surface area contributed by atoms with Crippen molar-refractivity contribution in [2.45, 2.75) is 51.6 Å². The molecular formula is C13H26N2O. The molecule has 0 aromatic carbocycles. The van der Waals surface area contributed by atoms with Gasteiger partial charge >= 0.3 is 0 Å². The second-order valence-corrected chi connectivity index (χ2v) is 6.26. The van der Waals surface area contributed by atoms with E-state index < -0.39 is 0 Å². The first-order valence-corrected chi connectivity index (χ1v) is 6.69. The molecule has 2 aliphatic heterocycles. The summed E-state index contributed by atoms with van der Waals surface area (Å²) in [5.74, 6) is 0. The highest BCUT2D eigenvalue weighted by Crippen LogP contribution is 2.27. The zero-order valence-electron chi connectivity index (χ0n) is 10.7. The standard InChI is InChI=1S/C13H26N2O/c1-13(2,10-16)9-14-11-5-7-15-6-3-4-12(15)8-11/h11-12,14,16H,3-10H2,1-2H3. The molecule has 2 atom stereocenters. The van der Waals surface area contributed by atoms with Crippen LogP contribution < -0.4 is 5.32 Å². The molecule has 0 amide bonds. The van der Waals surface area contributed by atoms with E-state index in [0.717, 1.165) is 12.6 Å². The Labute approximate surface area is 99.2 Å². The molecule has 94 valence electrons. The number of aliphatic hydroxyl groups excluding tert-OH is 1. The maximum absolute atomic E-state index is 9.23. The minimum atomic E-state index is 0.0206. The van der Waals surface area contributed by atoms with Gasteiger partial charge in [0.25, 0.3) is 0 Å². The summed E-state index contributed by atoms with van der Waals surface area (Å²) in [7, 11) is 0. The lowest BCUT2D eigenvalue weighted by Crippen LogP contribution is -2.48. The van der Waals surface area contributed by atoms with Crippen LogP contribution >= 0.6 is 0 Å². The predicted octanol–water partition coefficient (Wildman–Crippen LogP) is 1.22. The molecule has 0 saturated carbocycles. The Kier molecular flexibility index (Phi) is 3.88. The van der Waals surface area contributed by atoms with E-state index in [0.29, 0.717) is 6.04 Å². The van der Waals surface area contributed by atoms with Gasteiger partial charge in [0.2, 0.25) is 0 Å². The van der Waals surface area contributed by atoms with Gasteiger partial charge in [0, 0.05) is 30.7 Å². The molecule has 2 unspecified atom stereocenters. The van der Waals surface area contributed by atoms with E-state index in [-0.39, 0.29) is 12.0 Å². The van der Waals surface area contributed by atoms with Gasteiger partial charge in [-0.25, -0.2) is 0 Å². The summed E-state index contributed by atoms with van der Waals surface area (Å²) < 4.78 is 0. The van der Waals surface area contributed by atoms with E-state index in [1.54, 1.807) is 0 Å². The summed E-state index contributed by atoms with van der Waals surface area (Å²) in [6, 6.07) is 1.51. The molecule has 0 aliphatic carbocycles. The molecule has 0 spiro atoms. The minimum Gasteiger partial charge on any atom is -0.396 e. The number of aliphatic hydroxyl groups is 1. The van der Waals surface area contributed by atoms with Crippen LogP contribution in [0.1, 0.15) is 39.5 Å². The smallest absolute Gasteiger partial charge is 0.0494 e. The second-order valence-electron chi connectivity index (χ2n) is 6.26. The molecule has 0 aromatic rings. The third-order valence-corrected chi connectivity index (χ3v) is 4.12. The van der Waals surface area contributed by atoms with Crippen LogP contribution in [0, 0.1) is 5.41 Å². The van der Waals surface area contributed by atoms with Crippen LogP contribution in [0.2, 0.25) is 0 Å². The molecule has 0 aromatic heterocycles. The van der Waals surface area contributed by atoms with Crippen molar-refractivity contribution in [1.29, 1.82) is 0 Å². The van der Waals surface area contributed by atoms with Crippen molar-refractivity contribution in [1.82, 2.24) is 10.2 Å². The third kappa shape index (κ3) is 2.96. The zero-order valence-corrected chi connectivity index (χ0v) is 10.7. The van der Waals surface area contributed by atoms with Gasteiger partial charge in [0.15, 0.2) is 0 Å². The van der Waals surface area contributed by atoms with Gasteiger partial charge in [-0.05, 0) is 38.8 Å². The molecule has 2 N–H and O–H groups in total. The molecule has 16 heavy (non-hydrogen) atoms. The summed E-state index contributed by atoms with van der Waals surface area (Å²) in [5, 5.41) is 12.9. The first-order valence-electron chi connectivity index (χ1n) is 6.69. The van der Waals surface area contributed by atoms with Crippen molar-refractivity contribution in [2.75, 3.05) is 26.2 Å². The van der Waals surface area contributed by atoms with Crippen LogP contribution in [0.4, 0.5) is 0 Å². The van der Waals surface area contributed by atoms with Crippen LogP contribution in [0.3, 0.4) is 0 Å². The highest BCUT2D eigenvalue weighted by atomic mass is 16.3. The van der Waals surface area contributed by atoms with Gasteiger partial charge in [-0.15, -0.1) is 0 Å². The molecule has 3 heteroatoms. The largest absolute Gasteiger partial charge is 0.396 e. The summed E-state index contributed by atoms with van der Waals surface area (Å²) in [6.07, 6.45) is 5.36. The van der Waals surface area contributed by atoms with Crippen LogP contribution in [-0.4, -0.2) is 48.3 Å². The van der Waals surface area contributed by atoms with Crippen LogP contribution in [-0.2, 0) is 0 Å². The Bertz CT molecular complexity index is 230. The second kappa shape index (κ2) is 5.03. The van der Waals surface area contributed by atoms with Crippen molar-refractivity contribution in [3.63, 3.8) is 0 Å². The fourth-order valence-electron chi connectivity index (χ4n) is 2.89. The maximum atomic E-state index is 9.23. The van der Waals surface area contributed by atoms with Crippen LogP contribution in [0.25, 0.3) is 0 Å². The number of piperidine rings is 1. The average molecular weight is 226 g/mol. The number of hydrogen-bond donors (Lipinski definition) is 2. The van der Waals surface area contributed by atoms with Gasteiger partial charge in [-0.3, -0.25) is 0 Å². The number of fused-ring (bicyclic) bond motifs is 1. The van der Waals surface area contributed by atoms with E-state index in [1.165, 1.54) is 38.8 Å². The highest BCUT2D eigenvalue weighted by Gasteiger charge is 2.32. The molecule has 2 heterocycles. The zero-order chi connectivity index (χ0) is 11.6. The fraction of sp³-hybridized carbons (Fsp3) is 1.00. The van der Waals surface area contributed by atoms with E-state index >= 15 is 0 Å². The molecule has 2 saturated heterocycles. The number of nitrogens with zero attached hydrogens (tertiary/aromatic N) is 1. The Balaban J connectivity index is 1.75. The first-order chi connectivity index (χ1) is 7.61. The first kappa shape index (κ1) is 12.3. The summed E-state index contributed by atoms with van der Waals surface area (Å²) >= 11 is 0. The molecule has 2 aliphatic rings. The van der Waals surface area contributed by atoms with Crippen molar-refractivity contribution in [3.05, 3.63) is 0 Å². The summed E-state index contributed by atoms with van der Waals surface area (Å²) in [4.78, 5) is 2.65. The van der Waals surface area contributed by atoms with Gasteiger partial charge < -0.3 is 15.3 Å².